The van der Waals surface area contributed by atoms with Crippen LogP contribution < -0.4 is 18.9 Å². The lowest BCUT2D eigenvalue weighted by Crippen LogP contribution is -2.27. The summed E-state index contributed by atoms with van der Waals surface area (Å²) in [7, 11) is -4.44. The summed E-state index contributed by atoms with van der Waals surface area (Å²) in [5, 5.41) is 3.99. The average molecular weight is 987 g/mol. The molecule has 12 heteroatoms. The van der Waals surface area contributed by atoms with E-state index >= 15 is 0 Å². The molecule has 0 saturated carbocycles. The lowest BCUT2D eigenvalue weighted by atomic mass is 9.81. The lowest BCUT2D eigenvalue weighted by molar-refractivity contribution is -0.00701. The Hall–Kier alpha value is -4.77. The van der Waals surface area contributed by atoms with Crippen LogP contribution in [0.25, 0.3) is 54.9 Å². The van der Waals surface area contributed by atoms with Crippen molar-refractivity contribution in [2.45, 2.75) is 76.8 Å². The number of ether oxygens (including phenoxy) is 8. The molecule has 0 fully saturated rings. The maximum atomic E-state index is 10.9. The molecule has 4 bridgehead atoms. The first kappa shape index (κ1) is 51.6. The molecule has 0 aromatic heterocycles. The van der Waals surface area contributed by atoms with Crippen LogP contribution in [0.2, 0.25) is 38.3 Å². The molecule has 0 amide bonds. The molecule has 0 spiro atoms. The van der Waals surface area contributed by atoms with Crippen molar-refractivity contribution in [3.05, 3.63) is 109 Å². The summed E-state index contributed by atoms with van der Waals surface area (Å²) in [6, 6.07) is 40.0. The van der Waals surface area contributed by atoms with Crippen molar-refractivity contribution in [2.24, 2.45) is 11.8 Å². The van der Waals surface area contributed by atoms with Crippen LogP contribution >= 0.6 is 0 Å². The van der Waals surface area contributed by atoms with Gasteiger partial charge in [-0.3, -0.25) is 0 Å². The standard InChI is InChI=1S/C58H74O10Si2/c1-69(2,59)37-11-17-43-23-25-65-49-21-19-47-39-53(45-13-7-5-8-14-45)57-55(51(47)41-49)56-52-42-50(66-26-24-44(43)18-12-38-70(3,4)60)22-20-48(52)40-54(46-15-9-6-10-16-46)58(56)68-36-34-64-32-30-62-28-27-61-29-31-63-33-35-67-57/h5-10,13-16,19-22,39-44,59-60H,11-12,17-18,23-38H2,1-4H3/t43-,44-/m1/s1. The van der Waals surface area contributed by atoms with Crippen LogP contribution in [0.3, 0.4) is 0 Å². The van der Waals surface area contributed by atoms with Crippen molar-refractivity contribution >= 4 is 38.2 Å². The van der Waals surface area contributed by atoms with Crippen LogP contribution in [0, 0.1) is 11.8 Å². The zero-order valence-electron chi connectivity index (χ0n) is 41.8. The number of benzene rings is 6. The molecular formula is C58H74O10Si2. The Bertz CT molecular complexity index is 2400. The Morgan fingerprint density at radius 3 is 1.17 bits per heavy atom. The predicted octanol–water partition coefficient (Wildman–Crippen LogP) is 12.6. The molecule has 2 heterocycles. The van der Waals surface area contributed by atoms with E-state index in [0.717, 1.165) is 129 Å². The summed E-state index contributed by atoms with van der Waals surface area (Å²) in [6.45, 7) is 13.3. The number of fused-ring (bicyclic) bond motifs is 2. The molecule has 10 nitrogen and oxygen atoms in total. The predicted molar refractivity (Wildman–Crippen MR) is 287 cm³/mol. The second-order valence-electron chi connectivity index (χ2n) is 20.1. The third-order valence-corrected chi connectivity index (χ3v) is 16.7. The maximum Gasteiger partial charge on any atom is 0.182 e. The minimum absolute atomic E-state index is 0.294. The highest BCUT2D eigenvalue weighted by Gasteiger charge is 2.29. The molecule has 0 saturated heterocycles. The fourth-order valence-electron chi connectivity index (χ4n) is 10.0. The van der Waals surface area contributed by atoms with Gasteiger partial charge in [0.1, 0.15) is 36.2 Å². The van der Waals surface area contributed by atoms with Crippen LogP contribution in [0.1, 0.15) is 38.5 Å². The van der Waals surface area contributed by atoms with Gasteiger partial charge in [-0.2, -0.15) is 0 Å². The molecule has 0 aliphatic carbocycles. The van der Waals surface area contributed by atoms with Crippen molar-refractivity contribution in [1.82, 2.24) is 0 Å². The van der Waals surface area contributed by atoms with E-state index in [9.17, 15) is 9.59 Å². The highest BCUT2D eigenvalue weighted by atomic mass is 28.4. The first-order chi connectivity index (χ1) is 34.0. The minimum Gasteiger partial charge on any atom is -0.494 e. The summed E-state index contributed by atoms with van der Waals surface area (Å²) in [6.07, 6.45) is 5.72. The molecule has 0 radical (unpaired) electrons. The molecule has 2 aliphatic rings. The van der Waals surface area contributed by atoms with E-state index < -0.39 is 16.6 Å². The number of hydrogen-bond donors (Lipinski definition) is 2. The van der Waals surface area contributed by atoms with Crippen LogP contribution in [-0.2, 0) is 18.9 Å². The van der Waals surface area contributed by atoms with Crippen LogP contribution in [0.5, 0.6) is 23.0 Å². The Morgan fingerprint density at radius 1 is 0.429 bits per heavy atom. The monoisotopic (exact) mass is 986 g/mol. The smallest absolute Gasteiger partial charge is 0.182 e. The number of rotatable bonds is 10. The Balaban J connectivity index is 1.34. The molecule has 6 aromatic rings. The Labute approximate surface area is 417 Å². The summed E-state index contributed by atoms with van der Waals surface area (Å²) in [4.78, 5) is 21.7. The van der Waals surface area contributed by atoms with Crippen LogP contribution in [0.4, 0.5) is 0 Å². The van der Waals surface area contributed by atoms with Gasteiger partial charge in [-0.1, -0.05) is 98.5 Å². The minimum atomic E-state index is -2.22. The first-order valence-electron chi connectivity index (χ1n) is 25.6. The van der Waals surface area contributed by atoms with E-state index in [1.54, 1.807) is 0 Å². The van der Waals surface area contributed by atoms with E-state index in [1.807, 2.05) is 38.3 Å². The van der Waals surface area contributed by atoms with Crippen molar-refractivity contribution in [1.29, 1.82) is 0 Å². The third-order valence-electron chi connectivity index (χ3n) is 13.5. The van der Waals surface area contributed by atoms with Crippen LogP contribution in [0.15, 0.2) is 109 Å². The van der Waals surface area contributed by atoms with Gasteiger partial charge < -0.3 is 47.5 Å². The van der Waals surface area contributed by atoms with E-state index in [-0.39, 0.29) is 0 Å². The van der Waals surface area contributed by atoms with Gasteiger partial charge in [-0.15, -0.1) is 0 Å². The molecule has 8 rings (SSSR count). The fourth-order valence-corrected chi connectivity index (χ4v) is 12.1. The average Bonchev–Trinajstić information content (AvgIpc) is 3.34. The fraction of sp³-hybridized carbons (Fsp3) is 0.448. The molecule has 2 aliphatic heterocycles. The number of hydrogen-bond acceptors (Lipinski definition) is 10. The Morgan fingerprint density at radius 2 is 0.800 bits per heavy atom. The van der Waals surface area contributed by atoms with Gasteiger partial charge in [0.05, 0.1) is 66.1 Å². The van der Waals surface area contributed by atoms with Gasteiger partial charge in [0.15, 0.2) is 16.6 Å². The summed E-state index contributed by atoms with van der Waals surface area (Å²) in [5.41, 5.74) is 5.73. The zero-order chi connectivity index (χ0) is 48.8. The van der Waals surface area contributed by atoms with Gasteiger partial charge in [-0.05, 0) is 132 Å². The zero-order valence-corrected chi connectivity index (χ0v) is 43.8. The van der Waals surface area contributed by atoms with Gasteiger partial charge in [-0.25, -0.2) is 0 Å². The maximum absolute atomic E-state index is 10.9. The third kappa shape index (κ3) is 14.4. The molecule has 2 atom stereocenters. The summed E-state index contributed by atoms with van der Waals surface area (Å²) in [5.74, 6) is 3.73. The van der Waals surface area contributed by atoms with Crippen molar-refractivity contribution < 1.29 is 47.5 Å². The first-order valence-corrected chi connectivity index (χ1v) is 31.9. The van der Waals surface area contributed by atoms with E-state index in [0.29, 0.717) is 91.1 Å². The molecule has 70 heavy (non-hydrogen) atoms. The lowest BCUT2D eigenvalue weighted by Gasteiger charge is -2.29. The molecule has 2 N–H and O–H groups in total. The SMILES string of the molecule is C[Si](C)(O)CCC[C@@H]1CCOc2ccc3cc(-c4ccccc4)c4c(c3c2)-c2c(c(-c3ccccc3)cc3ccc(cc23)OCC[C@H]1CCC[Si](C)(C)O)OCCOCCOCCOCCOCCO4. The van der Waals surface area contributed by atoms with Crippen LogP contribution in [-0.4, -0.2) is 106 Å². The Kier molecular flexibility index (Phi) is 18.5. The summed E-state index contributed by atoms with van der Waals surface area (Å²) < 4.78 is 51.7. The quantitative estimate of drug-likeness (QED) is 0.129. The van der Waals surface area contributed by atoms with Gasteiger partial charge in [0, 0.05) is 22.3 Å². The van der Waals surface area contributed by atoms with Crippen molar-refractivity contribution in [3.8, 4) is 56.4 Å². The molecular weight excluding hydrogens is 913 g/mol. The topological polar surface area (TPSA) is 114 Å². The molecule has 6 aromatic carbocycles. The second-order valence-corrected chi connectivity index (χ2v) is 28.4. The normalized spacial score (nSPS) is 18.5. The van der Waals surface area contributed by atoms with Gasteiger partial charge >= 0.3 is 0 Å². The largest absolute Gasteiger partial charge is 0.494 e. The summed E-state index contributed by atoms with van der Waals surface area (Å²) >= 11 is 0. The molecule has 0 unspecified atom stereocenters. The van der Waals surface area contributed by atoms with E-state index in [1.165, 1.54) is 0 Å². The van der Waals surface area contributed by atoms with E-state index in [2.05, 4.69) is 97.1 Å². The van der Waals surface area contributed by atoms with Gasteiger partial charge in [0.25, 0.3) is 0 Å². The van der Waals surface area contributed by atoms with Gasteiger partial charge in [0.2, 0.25) is 0 Å². The second kappa shape index (κ2) is 25.1. The molecule has 374 valence electrons. The van der Waals surface area contributed by atoms with Crippen molar-refractivity contribution in [3.63, 3.8) is 0 Å². The van der Waals surface area contributed by atoms with Crippen molar-refractivity contribution in [2.75, 3.05) is 79.3 Å². The van der Waals surface area contributed by atoms with E-state index in [4.69, 9.17) is 37.9 Å². The highest BCUT2D eigenvalue weighted by Crippen LogP contribution is 2.53. The highest BCUT2D eigenvalue weighted by molar-refractivity contribution is 6.70.